The summed E-state index contributed by atoms with van der Waals surface area (Å²) in [7, 11) is 0. The van der Waals surface area contributed by atoms with Crippen molar-refractivity contribution in [3.63, 3.8) is 0 Å². The molecule has 1 aromatic rings. The first kappa shape index (κ1) is 15.9. The van der Waals surface area contributed by atoms with Crippen LogP contribution in [0.2, 0.25) is 0 Å². The number of carbonyl (C=O) groups is 1. The van der Waals surface area contributed by atoms with Crippen LogP contribution in [0.3, 0.4) is 0 Å². The highest BCUT2D eigenvalue weighted by molar-refractivity contribution is 5.94. The van der Waals surface area contributed by atoms with Crippen molar-refractivity contribution in [1.82, 2.24) is 9.88 Å². The average molecular weight is 304 g/mol. The predicted molar refractivity (Wildman–Crippen MR) is 68.4 cm³/mol. The normalized spacial score (nSPS) is 20.5. The van der Waals surface area contributed by atoms with Gasteiger partial charge in [-0.05, 0) is 31.5 Å². The molecule has 1 fully saturated rings. The lowest BCUT2D eigenvalue weighted by Crippen LogP contribution is -2.42. The number of likely N-dealkylation sites (tertiary alicyclic amines) is 1. The molecular formula is C14H16F4N2O. The zero-order chi connectivity index (χ0) is 15.5. The number of hydrogen-bond acceptors (Lipinski definition) is 3. The molecule has 0 bridgehead atoms. The van der Waals surface area contributed by atoms with E-state index in [0.29, 0.717) is 13.0 Å². The fourth-order valence-electron chi connectivity index (χ4n) is 2.45. The topological polar surface area (TPSA) is 33.2 Å². The fraction of sp³-hybridized carbons (Fsp3) is 0.571. The average Bonchev–Trinajstić information content (AvgIpc) is 2.45. The van der Waals surface area contributed by atoms with Gasteiger partial charge in [-0.1, -0.05) is 0 Å². The molecule has 0 saturated carbocycles. The third-order valence-electron chi connectivity index (χ3n) is 3.64. The van der Waals surface area contributed by atoms with Gasteiger partial charge in [0.05, 0.1) is 12.1 Å². The van der Waals surface area contributed by atoms with E-state index < -0.39 is 17.9 Å². The Kier molecular flexibility index (Phi) is 4.92. The Morgan fingerprint density at radius 1 is 1.38 bits per heavy atom. The number of ketones is 1. The van der Waals surface area contributed by atoms with Gasteiger partial charge in [0.15, 0.2) is 5.78 Å². The number of nitrogens with zero attached hydrogens (tertiary/aromatic N) is 2. The van der Waals surface area contributed by atoms with Crippen LogP contribution in [0.25, 0.3) is 0 Å². The van der Waals surface area contributed by atoms with Gasteiger partial charge in [0.1, 0.15) is 11.5 Å². The summed E-state index contributed by atoms with van der Waals surface area (Å²) >= 11 is 0. The number of piperidine rings is 1. The van der Waals surface area contributed by atoms with Crippen molar-refractivity contribution in [2.45, 2.75) is 25.4 Å². The first-order valence-corrected chi connectivity index (χ1v) is 6.80. The van der Waals surface area contributed by atoms with E-state index in [1.165, 1.54) is 6.07 Å². The Labute approximate surface area is 120 Å². The monoisotopic (exact) mass is 304 g/mol. The van der Waals surface area contributed by atoms with Crippen molar-refractivity contribution in [2.75, 3.05) is 19.6 Å². The van der Waals surface area contributed by atoms with Gasteiger partial charge >= 0.3 is 6.18 Å². The first-order chi connectivity index (χ1) is 9.86. The number of rotatable bonds is 4. The molecular weight excluding hydrogens is 288 g/mol. The summed E-state index contributed by atoms with van der Waals surface area (Å²) in [5.41, 5.74) is 0.140. The van der Waals surface area contributed by atoms with E-state index in [0.717, 1.165) is 12.3 Å². The molecule has 1 atom stereocenters. The lowest BCUT2D eigenvalue weighted by atomic mass is 9.97. The Bertz CT molecular complexity index is 487. The van der Waals surface area contributed by atoms with Crippen molar-refractivity contribution in [3.8, 4) is 0 Å². The Morgan fingerprint density at radius 2 is 2.14 bits per heavy atom. The number of carbonyl (C=O) groups excluding carboxylic acids is 1. The molecule has 2 rings (SSSR count). The maximum atomic E-state index is 12.7. The molecule has 1 unspecified atom stereocenters. The molecule has 21 heavy (non-hydrogen) atoms. The third kappa shape index (κ3) is 4.49. The van der Waals surface area contributed by atoms with Crippen LogP contribution >= 0.6 is 0 Å². The minimum Gasteiger partial charge on any atom is -0.302 e. The highest BCUT2D eigenvalue weighted by Gasteiger charge is 2.41. The molecule has 0 spiro atoms. The SMILES string of the molecule is O=C(CCN1CCCC(C(F)(F)F)C1)c1ccc(F)cn1. The van der Waals surface area contributed by atoms with Gasteiger partial charge in [-0.2, -0.15) is 13.2 Å². The van der Waals surface area contributed by atoms with E-state index >= 15 is 0 Å². The molecule has 3 nitrogen and oxygen atoms in total. The molecule has 0 amide bonds. The van der Waals surface area contributed by atoms with Crippen LogP contribution < -0.4 is 0 Å². The zero-order valence-electron chi connectivity index (χ0n) is 11.4. The van der Waals surface area contributed by atoms with Gasteiger partial charge in [-0.25, -0.2) is 4.39 Å². The Morgan fingerprint density at radius 3 is 2.76 bits per heavy atom. The van der Waals surface area contributed by atoms with Crippen molar-refractivity contribution >= 4 is 5.78 Å². The van der Waals surface area contributed by atoms with E-state index in [4.69, 9.17) is 0 Å². The molecule has 0 aliphatic carbocycles. The fourth-order valence-corrected chi connectivity index (χ4v) is 2.45. The van der Waals surface area contributed by atoms with Gasteiger partial charge in [0, 0.05) is 19.5 Å². The molecule has 0 aromatic carbocycles. The number of Topliss-reactive ketones (excluding diaryl/α,β-unsaturated/α-hetero) is 1. The standard InChI is InChI=1S/C14H16F4N2O/c15-11-3-4-12(19-8-11)13(21)5-7-20-6-1-2-10(9-20)14(16,17)18/h3-4,8,10H,1-2,5-7,9H2. The zero-order valence-corrected chi connectivity index (χ0v) is 11.4. The quantitative estimate of drug-likeness (QED) is 0.633. The summed E-state index contributed by atoms with van der Waals surface area (Å²) < 4.78 is 50.7. The Balaban J connectivity index is 1.85. The van der Waals surface area contributed by atoms with E-state index in [2.05, 4.69) is 4.98 Å². The van der Waals surface area contributed by atoms with Crippen LogP contribution in [0.15, 0.2) is 18.3 Å². The highest BCUT2D eigenvalue weighted by Crippen LogP contribution is 2.33. The predicted octanol–water partition coefficient (Wildman–Crippen LogP) is 3.07. The minimum absolute atomic E-state index is 0.0619. The molecule has 1 aliphatic heterocycles. The van der Waals surface area contributed by atoms with Crippen LogP contribution in [0.4, 0.5) is 17.6 Å². The number of halogens is 4. The van der Waals surface area contributed by atoms with E-state index in [1.807, 2.05) is 0 Å². The van der Waals surface area contributed by atoms with E-state index in [9.17, 15) is 22.4 Å². The van der Waals surface area contributed by atoms with Gasteiger partial charge in [-0.15, -0.1) is 0 Å². The maximum absolute atomic E-state index is 12.7. The molecule has 1 saturated heterocycles. The number of alkyl halides is 3. The lowest BCUT2D eigenvalue weighted by Gasteiger charge is -2.33. The summed E-state index contributed by atoms with van der Waals surface area (Å²) in [6.07, 6.45) is -2.52. The maximum Gasteiger partial charge on any atom is 0.393 e. The van der Waals surface area contributed by atoms with Crippen molar-refractivity contribution in [1.29, 1.82) is 0 Å². The molecule has 0 radical (unpaired) electrons. The Hall–Kier alpha value is -1.50. The molecule has 0 N–H and O–H groups in total. The van der Waals surface area contributed by atoms with Gasteiger partial charge in [0.25, 0.3) is 0 Å². The van der Waals surface area contributed by atoms with Crippen LogP contribution in [0.5, 0.6) is 0 Å². The largest absolute Gasteiger partial charge is 0.393 e. The number of hydrogen-bond donors (Lipinski definition) is 0. The molecule has 7 heteroatoms. The summed E-state index contributed by atoms with van der Waals surface area (Å²) in [6, 6.07) is 2.42. The van der Waals surface area contributed by atoms with Crippen LogP contribution in [-0.4, -0.2) is 41.5 Å². The summed E-state index contributed by atoms with van der Waals surface area (Å²) in [5, 5.41) is 0. The van der Waals surface area contributed by atoms with Crippen molar-refractivity contribution in [2.24, 2.45) is 5.92 Å². The molecule has 1 aromatic heterocycles. The van der Waals surface area contributed by atoms with Crippen LogP contribution in [-0.2, 0) is 0 Å². The van der Waals surface area contributed by atoms with Gasteiger partial charge < -0.3 is 4.90 Å². The van der Waals surface area contributed by atoms with Gasteiger partial charge in [0.2, 0.25) is 0 Å². The second-order valence-electron chi connectivity index (χ2n) is 5.22. The molecule has 116 valence electrons. The summed E-state index contributed by atoms with van der Waals surface area (Å²) in [4.78, 5) is 17.2. The highest BCUT2D eigenvalue weighted by atomic mass is 19.4. The van der Waals surface area contributed by atoms with Crippen LogP contribution in [0.1, 0.15) is 29.8 Å². The molecule has 2 heterocycles. The first-order valence-electron chi connectivity index (χ1n) is 6.80. The second kappa shape index (κ2) is 6.51. The second-order valence-corrected chi connectivity index (χ2v) is 5.22. The number of aromatic nitrogens is 1. The van der Waals surface area contributed by atoms with Crippen LogP contribution in [0, 0.1) is 11.7 Å². The van der Waals surface area contributed by atoms with E-state index in [-0.39, 0.29) is 37.4 Å². The summed E-state index contributed by atoms with van der Waals surface area (Å²) in [6.45, 7) is 0.773. The van der Waals surface area contributed by atoms with Gasteiger partial charge in [-0.3, -0.25) is 9.78 Å². The summed E-state index contributed by atoms with van der Waals surface area (Å²) in [5.74, 6) is -2.13. The minimum atomic E-state index is -4.18. The molecule has 1 aliphatic rings. The lowest BCUT2D eigenvalue weighted by molar-refractivity contribution is -0.186. The van der Waals surface area contributed by atoms with E-state index in [1.54, 1.807) is 4.90 Å². The van der Waals surface area contributed by atoms with Crippen molar-refractivity contribution in [3.05, 3.63) is 29.8 Å². The van der Waals surface area contributed by atoms with Crippen molar-refractivity contribution < 1.29 is 22.4 Å². The smallest absolute Gasteiger partial charge is 0.302 e. The third-order valence-corrected chi connectivity index (χ3v) is 3.64. The number of pyridine rings is 1.